The fourth-order valence-corrected chi connectivity index (χ4v) is 28.0. The molecule has 5 heterocycles. The SMILES string of the molecule is C[n+]1cn(-c2ccc(-c3ccccc3-c3cc(-c4ccccc4-c4ccc(-n5c[n+](C)c6cc7c(cc65)C5CCC7CC5)cc4)cc(-c4cccc(-c5cc(-c6ccccc6-c6ccc(-n7c[n+](C)c8cc9c(cc87)C7CCC9CC7)cc6)cc(-c6ccccc6-c6ccc(-n7c[n+](C)c8cc9c(cc87)C7CCC9CC7)cc6)c5)c4-c4ccc(-c5ncccn5)cc4)c3)cc2)c2cc3c(cc21)C1CCC3CC1. The summed E-state index contributed by atoms with van der Waals surface area (Å²) in [7, 11) is 8.87. The van der Waals surface area contributed by atoms with Crippen LogP contribution in [-0.4, -0.2) is 28.2 Å². The van der Waals surface area contributed by atoms with Crippen LogP contribution in [0.4, 0.5) is 0 Å². The van der Waals surface area contributed by atoms with Gasteiger partial charge >= 0.3 is 0 Å². The third kappa shape index (κ3) is 13.7. The fourth-order valence-electron chi connectivity index (χ4n) is 28.0. The topological polar surface area (TPSA) is 61.0 Å². The van der Waals surface area contributed by atoms with Crippen molar-refractivity contribution in [3.8, 4) is 157 Å². The van der Waals surface area contributed by atoms with E-state index >= 15 is 0 Å². The molecule has 12 aliphatic carbocycles. The maximum Gasteiger partial charge on any atom is 0.249 e. The Kier molecular flexibility index (Phi) is 19.4. The molecule has 10 heteroatoms. The van der Waals surface area contributed by atoms with Gasteiger partial charge in [0.25, 0.3) is 0 Å². The van der Waals surface area contributed by atoms with Gasteiger partial charge in [-0.1, -0.05) is 188 Å². The van der Waals surface area contributed by atoms with Gasteiger partial charge in [-0.3, -0.25) is 0 Å². The summed E-state index contributed by atoms with van der Waals surface area (Å²) < 4.78 is 19.0. The van der Waals surface area contributed by atoms with Gasteiger partial charge in [0.2, 0.25) is 25.3 Å². The van der Waals surface area contributed by atoms with E-state index in [2.05, 4.69) is 412 Å². The Morgan fingerprint density at radius 2 is 0.387 bits per heavy atom. The second-order valence-electron chi connectivity index (χ2n) is 42.8. The molecule has 0 unspecified atom stereocenters. The van der Waals surface area contributed by atoms with E-state index in [9.17, 15) is 0 Å². The summed E-state index contributed by atoms with van der Waals surface area (Å²) in [5, 5.41) is 0. The van der Waals surface area contributed by atoms with Crippen molar-refractivity contribution < 1.29 is 18.3 Å². The standard InChI is InChI=1S/C132H112N10/c1-135-77-139(127-73-119-89-33-25-85(26-34-89)115(119)69-123(127)135)101-53-45-81(46-54-101)105-15-5-9-19-109(105)95-63-96(110-20-10-6-16-106(110)82-47-55-102(56-48-82)140-78-136(2)124-70-116-86-27-35-90(36-28-86)120(116)74-128(124)140)66-99(65-95)113-23-13-24-114(131(113)93-41-43-94(44-42-93)132-133-61-14-62-134-132)100-67-97(111-21-11-7-17-107(111)83-49-57-103(58-50-83)141-79-137(3)125-71-117-87-29-37-91(38-30-87)121(117)75-129(125)141)64-98(68-100)112-22-12-8-18-108(112)84-51-59-104(60-52-84)142-80-138(4)126-72-118-88-31-39-92(40-32-88)122(118)76-130(126)142/h5-24,41-80,85-92H,25-40H2,1-4H3/q+4. The Bertz CT molecular complexity index is 7810. The molecular formula is C132H112N10+4. The number of imidazole rings is 4. The Labute approximate surface area is 829 Å². The van der Waals surface area contributed by atoms with Crippen molar-refractivity contribution in [3.63, 3.8) is 0 Å². The summed E-state index contributed by atoms with van der Waals surface area (Å²) in [4.78, 5) is 9.66. The summed E-state index contributed by atoms with van der Waals surface area (Å²) >= 11 is 0. The minimum atomic E-state index is 0.652. The van der Waals surface area contributed by atoms with Crippen LogP contribution >= 0.6 is 0 Å². The smallest absolute Gasteiger partial charge is 0.237 e. The first-order valence-electron chi connectivity index (χ1n) is 52.3. The molecular weight excluding hydrogens is 1730 g/mol. The predicted molar refractivity (Wildman–Crippen MR) is 575 cm³/mol. The van der Waals surface area contributed by atoms with Gasteiger partial charge in [0.1, 0.15) is 22.7 Å². The van der Waals surface area contributed by atoms with Gasteiger partial charge in [-0.2, -0.15) is 18.3 Å². The summed E-state index contributed by atoms with van der Waals surface area (Å²) in [6.07, 6.45) is 33.8. The highest BCUT2D eigenvalue weighted by atomic mass is 15.1. The number of hydrogen-bond donors (Lipinski definition) is 0. The molecule has 4 saturated carbocycles. The van der Waals surface area contributed by atoms with Crippen molar-refractivity contribution in [2.75, 3.05) is 0 Å². The number of nitrogens with zero attached hydrogens (tertiary/aromatic N) is 10. The Balaban J connectivity index is 0.608. The Hall–Kier alpha value is -15.5. The highest BCUT2D eigenvalue weighted by Crippen LogP contribution is 2.57. The van der Waals surface area contributed by atoms with Crippen LogP contribution in [0.15, 0.2) is 365 Å². The van der Waals surface area contributed by atoms with E-state index in [0.717, 1.165) is 128 Å². The molecule has 12 aliphatic rings. The first kappa shape index (κ1) is 83.5. The summed E-state index contributed by atoms with van der Waals surface area (Å²) in [6.45, 7) is 0. The predicted octanol–water partition coefficient (Wildman–Crippen LogP) is 30.6. The quantitative estimate of drug-likeness (QED) is 0.0905. The van der Waals surface area contributed by atoms with Crippen LogP contribution in [-0.2, 0) is 28.2 Å². The second kappa shape index (κ2) is 33.1. The highest BCUT2D eigenvalue weighted by Gasteiger charge is 2.41. The molecule has 8 bridgehead atoms. The fraction of sp³-hybridized carbons (Fsp3) is 0.212. The maximum absolute atomic E-state index is 4.83. The van der Waals surface area contributed by atoms with E-state index in [1.165, 1.54) is 169 Å². The van der Waals surface area contributed by atoms with E-state index in [1.54, 1.807) is 44.5 Å². The zero-order valence-corrected chi connectivity index (χ0v) is 81.0. The molecule has 33 rings (SSSR count). The maximum atomic E-state index is 4.83. The monoisotopic (exact) mass is 1840 g/mol. The largest absolute Gasteiger partial charge is 0.249 e. The lowest BCUT2D eigenvalue weighted by Gasteiger charge is -2.37. The van der Waals surface area contributed by atoms with Crippen LogP contribution in [0.1, 0.15) is 195 Å². The van der Waals surface area contributed by atoms with Gasteiger partial charge in [-0.25, -0.2) is 28.2 Å². The molecule has 0 atom stereocenters. The van der Waals surface area contributed by atoms with Gasteiger partial charge in [0.15, 0.2) is 50.0 Å². The molecule has 4 fully saturated rings. The summed E-state index contributed by atoms with van der Waals surface area (Å²) in [6, 6.07) is 127. The van der Waals surface area contributed by atoms with E-state index in [0.29, 0.717) is 53.2 Å². The molecule has 0 aliphatic heterocycles. The number of rotatable bonds is 16. The molecule has 686 valence electrons. The van der Waals surface area contributed by atoms with Crippen molar-refractivity contribution in [2.24, 2.45) is 28.2 Å². The van der Waals surface area contributed by atoms with Crippen LogP contribution in [0.2, 0.25) is 0 Å². The first-order chi connectivity index (χ1) is 69.9. The lowest BCUT2D eigenvalue weighted by molar-refractivity contribution is -0.645. The van der Waals surface area contributed by atoms with E-state index < -0.39 is 0 Å². The molecule has 16 aromatic carbocycles. The van der Waals surface area contributed by atoms with Gasteiger partial charge in [0.05, 0.1) is 28.2 Å². The average Bonchev–Trinajstić information content (AvgIpc) is 1.52. The Morgan fingerprint density at radius 3 is 0.627 bits per heavy atom. The van der Waals surface area contributed by atoms with Crippen LogP contribution in [0, 0.1) is 0 Å². The van der Waals surface area contributed by atoms with Crippen LogP contribution in [0.3, 0.4) is 0 Å². The average molecular weight is 1840 g/mol. The van der Waals surface area contributed by atoms with E-state index in [4.69, 9.17) is 9.97 Å². The van der Waals surface area contributed by atoms with Gasteiger partial charge in [-0.05, 0) is 457 Å². The minimum Gasteiger partial charge on any atom is -0.237 e. The zero-order chi connectivity index (χ0) is 93.8. The van der Waals surface area contributed by atoms with Crippen LogP contribution < -0.4 is 18.3 Å². The lowest BCUT2D eigenvalue weighted by atomic mass is 9.67. The molecule has 0 saturated heterocycles. The normalized spacial score (nSPS) is 19.0. The molecule has 0 amide bonds. The third-order valence-corrected chi connectivity index (χ3v) is 35.2. The van der Waals surface area contributed by atoms with Crippen molar-refractivity contribution in [1.29, 1.82) is 0 Å². The molecule has 5 aromatic heterocycles. The van der Waals surface area contributed by atoms with Crippen molar-refractivity contribution in [2.45, 2.75) is 150 Å². The summed E-state index contributed by atoms with van der Waals surface area (Å²) in [5.41, 5.74) is 53.5. The number of fused-ring (bicyclic) bond motifs is 12. The second-order valence-corrected chi connectivity index (χ2v) is 42.8. The van der Waals surface area contributed by atoms with E-state index in [-0.39, 0.29) is 0 Å². The zero-order valence-electron chi connectivity index (χ0n) is 81.0. The minimum absolute atomic E-state index is 0.652. The van der Waals surface area contributed by atoms with Crippen molar-refractivity contribution in [3.05, 3.63) is 410 Å². The lowest BCUT2D eigenvalue weighted by Crippen LogP contribution is -2.27. The molecule has 0 spiro atoms. The van der Waals surface area contributed by atoms with Gasteiger partial charge in [0, 0.05) is 18.0 Å². The highest BCUT2D eigenvalue weighted by molar-refractivity contribution is 6.02. The number of aryl methyl sites for hydroxylation is 4. The number of aromatic nitrogens is 10. The molecule has 0 radical (unpaired) electrons. The molecule has 10 nitrogen and oxygen atoms in total. The molecule has 0 N–H and O–H groups in total. The van der Waals surface area contributed by atoms with E-state index in [1.807, 2.05) is 18.5 Å². The van der Waals surface area contributed by atoms with Crippen LogP contribution in [0.5, 0.6) is 0 Å². The number of hydrogen-bond acceptors (Lipinski definition) is 2. The Morgan fingerprint density at radius 1 is 0.190 bits per heavy atom. The van der Waals surface area contributed by atoms with Gasteiger partial charge in [-0.15, -0.1) is 0 Å². The molecule has 142 heavy (non-hydrogen) atoms. The van der Waals surface area contributed by atoms with Crippen LogP contribution in [0.25, 0.3) is 201 Å². The third-order valence-electron chi connectivity index (χ3n) is 35.2. The molecule has 21 aromatic rings. The summed E-state index contributed by atoms with van der Waals surface area (Å²) in [5.74, 6) is 6.00. The number of benzene rings is 16. The van der Waals surface area contributed by atoms with Crippen molar-refractivity contribution >= 4 is 44.1 Å². The van der Waals surface area contributed by atoms with Gasteiger partial charge < -0.3 is 0 Å². The first-order valence-corrected chi connectivity index (χ1v) is 52.3. The van der Waals surface area contributed by atoms with Crippen molar-refractivity contribution in [1.82, 2.24) is 28.2 Å².